The lowest BCUT2D eigenvalue weighted by Crippen LogP contribution is -1.92. The van der Waals surface area contributed by atoms with E-state index < -0.39 is 0 Å². The van der Waals surface area contributed by atoms with Crippen LogP contribution in [0.4, 0.5) is 5.69 Å². The molecule has 0 unspecified atom stereocenters. The first-order chi connectivity index (χ1) is 12.6. The summed E-state index contributed by atoms with van der Waals surface area (Å²) in [6.07, 6.45) is 2.06. The van der Waals surface area contributed by atoms with Gasteiger partial charge >= 0.3 is 0 Å². The van der Waals surface area contributed by atoms with E-state index in [-0.39, 0.29) is 5.75 Å². The maximum absolute atomic E-state index is 9.58. The molecule has 0 saturated carbocycles. The maximum Gasteiger partial charge on any atom is 0.115 e. The molecule has 0 spiro atoms. The number of aromatic nitrogens is 1. The molecule has 0 fully saturated rings. The van der Waals surface area contributed by atoms with E-state index >= 15 is 0 Å². The van der Waals surface area contributed by atoms with Crippen LogP contribution in [0.25, 0.3) is 27.7 Å². The summed E-state index contributed by atoms with van der Waals surface area (Å²) in [5.74, 6) is 0.226. The summed E-state index contributed by atoms with van der Waals surface area (Å²) in [7, 11) is 0. The topological polar surface area (TPSA) is 75.0 Å². The summed E-state index contributed by atoms with van der Waals surface area (Å²) in [6, 6.07) is 20.8. The van der Waals surface area contributed by atoms with Crippen molar-refractivity contribution in [1.29, 1.82) is 5.26 Å². The first-order valence-electron chi connectivity index (χ1n) is 8.28. The Balaban J connectivity index is 2.05. The van der Waals surface area contributed by atoms with Crippen LogP contribution in [0.3, 0.4) is 0 Å². The van der Waals surface area contributed by atoms with Crippen LogP contribution in [0, 0.1) is 18.3 Å². The van der Waals surface area contributed by atoms with Crippen molar-refractivity contribution in [2.24, 2.45) is 0 Å². The zero-order chi connectivity index (χ0) is 18.3. The molecular weight excluding hydrogens is 322 g/mol. The Bertz CT molecular complexity index is 1160. The predicted octanol–water partition coefficient (Wildman–Crippen LogP) is 4.77. The molecule has 1 heterocycles. The highest BCUT2D eigenvalue weighted by molar-refractivity contribution is 5.99. The number of nitrogens with zero attached hydrogens (tertiary/aromatic N) is 2. The molecule has 4 nitrogen and oxygen atoms in total. The zero-order valence-corrected chi connectivity index (χ0v) is 14.3. The van der Waals surface area contributed by atoms with Crippen LogP contribution in [0.15, 0.2) is 66.9 Å². The molecule has 3 aromatic carbocycles. The number of fused-ring (bicyclic) bond motifs is 1. The zero-order valence-electron chi connectivity index (χ0n) is 14.3. The number of hydrogen-bond acceptors (Lipinski definition) is 3. The average molecular weight is 339 g/mol. The fraction of sp³-hybridized carbons (Fsp3) is 0.0455. The number of nitriles is 1. The number of nitrogens with two attached hydrogens (primary N) is 1. The van der Waals surface area contributed by atoms with Crippen LogP contribution in [0.2, 0.25) is 0 Å². The SMILES string of the molecule is Cc1c(N)cccc1-c1cn(-c2ccc(O)cc2)c2ccc(C#N)cc12. The second kappa shape index (κ2) is 5.98. The van der Waals surface area contributed by atoms with Crippen LogP contribution in [0.5, 0.6) is 5.75 Å². The second-order valence-electron chi connectivity index (χ2n) is 6.29. The highest BCUT2D eigenvalue weighted by Gasteiger charge is 2.14. The smallest absolute Gasteiger partial charge is 0.115 e. The summed E-state index contributed by atoms with van der Waals surface area (Å²) >= 11 is 0. The molecule has 4 aromatic rings. The molecule has 0 aliphatic carbocycles. The summed E-state index contributed by atoms with van der Waals surface area (Å²) in [5, 5.41) is 19.9. The van der Waals surface area contributed by atoms with Crippen molar-refractivity contribution < 1.29 is 5.11 Å². The van der Waals surface area contributed by atoms with E-state index in [1.807, 2.05) is 55.5 Å². The minimum atomic E-state index is 0.226. The summed E-state index contributed by atoms with van der Waals surface area (Å²) < 4.78 is 2.06. The molecule has 3 N–H and O–H groups in total. The van der Waals surface area contributed by atoms with E-state index in [0.29, 0.717) is 5.56 Å². The van der Waals surface area contributed by atoms with Gasteiger partial charge in [-0.25, -0.2) is 0 Å². The third kappa shape index (κ3) is 2.47. The predicted molar refractivity (Wildman–Crippen MR) is 104 cm³/mol. The molecule has 0 amide bonds. The minimum Gasteiger partial charge on any atom is -0.508 e. The van der Waals surface area contributed by atoms with Crippen LogP contribution in [0.1, 0.15) is 11.1 Å². The van der Waals surface area contributed by atoms with E-state index in [4.69, 9.17) is 5.73 Å². The fourth-order valence-electron chi connectivity index (χ4n) is 3.29. The second-order valence-corrected chi connectivity index (χ2v) is 6.29. The number of nitrogen functional groups attached to an aromatic ring is 1. The first-order valence-corrected chi connectivity index (χ1v) is 8.28. The van der Waals surface area contributed by atoms with Gasteiger partial charge in [0.25, 0.3) is 0 Å². The van der Waals surface area contributed by atoms with E-state index in [1.54, 1.807) is 12.1 Å². The normalized spacial score (nSPS) is 10.8. The largest absolute Gasteiger partial charge is 0.508 e. The van der Waals surface area contributed by atoms with Crippen LogP contribution >= 0.6 is 0 Å². The number of anilines is 1. The van der Waals surface area contributed by atoms with Crippen molar-refractivity contribution in [2.45, 2.75) is 6.92 Å². The van der Waals surface area contributed by atoms with Crippen molar-refractivity contribution in [3.8, 4) is 28.6 Å². The van der Waals surface area contributed by atoms with Crippen LogP contribution in [-0.2, 0) is 0 Å². The van der Waals surface area contributed by atoms with Crippen molar-refractivity contribution in [3.05, 3.63) is 78.0 Å². The number of phenols is 1. The molecule has 4 heteroatoms. The lowest BCUT2D eigenvalue weighted by molar-refractivity contribution is 0.475. The van der Waals surface area contributed by atoms with Crippen molar-refractivity contribution in [1.82, 2.24) is 4.57 Å². The van der Waals surface area contributed by atoms with E-state index in [9.17, 15) is 10.4 Å². The van der Waals surface area contributed by atoms with Gasteiger partial charge in [0.15, 0.2) is 0 Å². The van der Waals surface area contributed by atoms with Gasteiger partial charge in [-0.2, -0.15) is 5.26 Å². The Morgan fingerprint density at radius 3 is 2.50 bits per heavy atom. The van der Waals surface area contributed by atoms with Gasteiger partial charge in [-0.05, 0) is 66.6 Å². The van der Waals surface area contributed by atoms with Gasteiger partial charge in [0.05, 0.1) is 17.1 Å². The van der Waals surface area contributed by atoms with E-state index in [2.05, 4.69) is 16.8 Å². The van der Waals surface area contributed by atoms with Gasteiger partial charge in [0.1, 0.15) is 5.75 Å². The van der Waals surface area contributed by atoms with Gasteiger partial charge in [-0.15, -0.1) is 0 Å². The Morgan fingerprint density at radius 1 is 1.00 bits per heavy atom. The number of phenolic OH excluding ortho intramolecular Hbond substituents is 1. The fourth-order valence-corrected chi connectivity index (χ4v) is 3.29. The molecule has 4 rings (SSSR count). The minimum absolute atomic E-state index is 0.226. The number of benzene rings is 3. The Labute approximate surface area is 151 Å². The van der Waals surface area contributed by atoms with Gasteiger partial charge in [-0.3, -0.25) is 0 Å². The van der Waals surface area contributed by atoms with Crippen molar-refractivity contribution in [2.75, 3.05) is 5.73 Å². The lowest BCUT2D eigenvalue weighted by Gasteiger charge is -2.07. The molecule has 0 saturated heterocycles. The molecule has 0 radical (unpaired) electrons. The number of hydrogen-bond donors (Lipinski definition) is 2. The molecule has 26 heavy (non-hydrogen) atoms. The Morgan fingerprint density at radius 2 is 1.77 bits per heavy atom. The van der Waals surface area contributed by atoms with Crippen LogP contribution < -0.4 is 5.73 Å². The van der Waals surface area contributed by atoms with E-state index in [1.165, 1.54) is 0 Å². The van der Waals surface area contributed by atoms with Crippen molar-refractivity contribution >= 4 is 16.6 Å². The standard InChI is InChI=1S/C22H17N3O/c1-14-18(3-2-4-21(14)24)20-13-25(16-6-8-17(26)9-7-16)22-10-5-15(12-23)11-19(20)22/h2-11,13,26H,24H2,1H3. The molecule has 126 valence electrons. The highest BCUT2D eigenvalue weighted by atomic mass is 16.3. The third-order valence-electron chi connectivity index (χ3n) is 4.73. The molecule has 0 atom stereocenters. The number of rotatable bonds is 2. The average Bonchev–Trinajstić information content (AvgIpc) is 3.03. The number of aromatic hydroxyl groups is 1. The molecule has 0 aliphatic rings. The molecule has 0 bridgehead atoms. The highest BCUT2D eigenvalue weighted by Crippen LogP contribution is 2.36. The Hall–Kier alpha value is -3.71. The molecular formula is C22H17N3O. The quantitative estimate of drug-likeness (QED) is 0.517. The lowest BCUT2D eigenvalue weighted by atomic mass is 9.98. The third-order valence-corrected chi connectivity index (χ3v) is 4.73. The van der Waals surface area contributed by atoms with Crippen LogP contribution in [-0.4, -0.2) is 9.67 Å². The van der Waals surface area contributed by atoms with Crippen molar-refractivity contribution in [3.63, 3.8) is 0 Å². The van der Waals surface area contributed by atoms with Gasteiger partial charge in [0, 0.05) is 28.5 Å². The summed E-state index contributed by atoms with van der Waals surface area (Å²) in [6.45, 7) is 2.00. The van der Waals surface area contributed by atoms with Gasteiger partial charge in [-0.1, -0.05) is 12.1 Å². The van der Waals surface area contributed by atoms with E-state index in [0.717, 1.165) is 39.0 Å². The van der Waals surface area contributed by atoms with Gasteiger partial charge < -0.3 is 15.4 Å². The molecule has 1 aromatic heterocycles. The maximum atomic E-state index is 9.58. The molecule has 0 aliphatic heterocycles. The van der Waals surface area contributed by atoms with Gasteiger partial charge in [0.2, 0.25) is 0 Å². The monoisotopic (exact) mass is 339 g/mol. The Kier molecular flexibility index (Phi) is 3.63. The first kappa shape index (κ1) is 15.8. The summed E-state index contributed by atoms with van der Waals surface area (Å²) in [4.78, 5) is 0. The summed E-state index contributed by atoms with van der Waals surface area (Å²) in [5.41, 5.74) is 12.5.